The Kier molecular flexibility index (Phi) is 5.59. The Morgan fingerprint density at radius 3 is 2.46 bits per heavy atom. The molecule has 1 amide bonds. The van der Waals surface area contributed by atoms with Gasteiger partial charge in [0.25, 0.3) is 11.6 Å². The minimum absolute atomic E-state index is 0.112. The molecule has 2 aromatic carbocycles. The SMILES string of the molecule is O=C(COC(=O)c1ccc(F)cc1)Nc1ccc([N+](=O)[O-])cc1Br. The number of esters is 1. The number of amides is 1. The number of nitrogens with one attached hydrogen (secondary N) is 1. The van der Waals surface area contributed by atoms with Crippen LogP contribution in [-0.2, 0) is 9.53 Å². The van der Waals surface area contributed by atoms with E-state index in [1.165, 1.54) is 30.3 Å². The van der Waals surface area contributed by atoms with E-state index >= 15 is 0 Å². The smallest absolute Gasteiger partial charge is 0.338 e. The first kappa shape index (κ1) is 17.5. The molecule has 24 heavy (non-hydrogen) atoms. The van der Waals surface area contributed by atoms with Crippen LogP contribution in [0, 0.1) is 15.9 Å². The summed E-state index contributed by atoms with van der Waals surface area (Å²) in [4.78, 5) is 33.5. The summed E-state index contributed by atoms with van der Waals surface area (Å²) in [5.74, 6) is -1.89. The number of nitro benzene ring substituents is 1. The van der Waals surface area contributed by atoms with Crippen molar-refractivity contribution in [3.63, 3.8) is 0 Å². The molecule has 7 nitrogen and oxygen atoms in total. The first-order valence-corrected chi connectivity index (χ1v) is 7.32. The second-order valence-corrected chi connectivity index (χ2v) is 5.41. The highest BCUT2D eigenvalue weighted by atomic mass is 79.9. The summed E-state index contributed by atoms with van der Waals surface area (Å²) in [6.45, 7) is -0.556. The molecule has 0 saturated heterocycles. The maximum atomic E-state index is 12.8. The lowest BCUT2D eigenvalue weighted by Crippen LogP contribution is -2.21. The van der Waals surface area contributed by atoms with Crippen LogP contribution >= 0.6 is 15.9 Å². The summed E-state index contributed by atoms with van der Waals surface area (Å²) < 4.78 is 17.9. The van der Waals surface area contributed by atoms with Crippen molar-refractivity contribution in [3.05, 3.63) is 68.4 Å². The Balaban J connectivity index is 1.92. The molecule has 0 saturated carbocycles. The Bertz CT molecular complexity index is 795. The van der Waals surface area contributed by atoms with Crippen LogP contribution in [0.4, 0.5) is 15.8 Å². The van der Waals surface area contributed by atoms with Crippen molar-refractivity contribution < 1.29 is 23.6 Å². The molecular weight excluding hydrogens is 387 g/mol. The molecule has 0 fully saturated rings. The number of nitro groups is 1. The lowest BCUT2D eigenvalue weighted by Gasteiger charge is -2.08. The maximum Gasteiger partial charge on any atom is 0.338 e. The number of hydrogen-bond acceptors (Lipinski definition) is 5. The minimum atomic E-state index is -0.770. The number of nitrogens with zero attached hydrogens (tertiary/aromatic N) is 1. The molecule has 0 aliphatic heterocycles. The number of hydrogen-bond donors (Lipinski definition) is 1. The van der Waals surface area contributed by atoms with Crippen LogP contribution in [0.2, 0.25) is 0 Å². The van der Waals surface area contributed by atoms with Crippen molar-refractivity contribution in [2.24, 2.45) is 0 Å². The summed E-state index contributed by atoms with van der Waals surface area (Å²) in [6.07, 6.45) is 0. The van der Waals surface area contributed by atoms with Crippen LogP contribution in [0.3, 0.4) is 0 Å². The highest BCUT2D eigenvalue weighted by Crippen LogP contribution is 2.27. The third kappa shape index (κ3) is 4.59. The maximum absolute atomic E-state index is 12.8. The number of anilines is 1. The standard InChI is InChI=1S/C15H10BrFN2O5/c16-12-7-11(19(22)23)5-6-13(12)18-14(20)8-24-15(21)9-1-3-10(17)4-2-9/h1-7H,8H2,(H,18,20). The van der Waals surface area contributed by atoms with Gasteiger partial charge in [0.15, 0.2) is 6.61 Å². The zero-order valence-corrected chi connectivity index (χ0v) is 13.6. The number of benzene rings is 2. The van der Waals surface area contributed by atoms with E-state index in [9.17, 15) is 24.1 Å². The molecule has 0 bridgehead atoms. The molecule has 0 aromatic heterocycles. The highest BCUT2D eigenvalue weighted by molar-refractivity contribution is 9.10. The number of halogens is 2. The van der Waals surface area contributed by atoms with E-state index in [2.05, 4.69) is 21.2 Å². The van der Waals surface area contributed by atoms with E-state index in [1.807, 2.05) is 0 Å². The predicted octanol–water partition coefficient (Wildman–Crippen LogP) is 3.29. The average Bonchev–Trinajstić information content (AvgIpc) is 2.55. The molecular formula is C15H10BrFN2O5. The van der Waals surface area contributed by atoms with Gasteiger partial charge < -0.3 is 10.1 Å². The number of ether oxygens (including phenoxy) is 1. The molecule has 0 aliphatic rings. The summed E-state index contributed by atoms with van der Waals surface area (Å²) in [6, 6.07) is 8.49. The van der Waals surface area contributed by atoms with Gasteiger partial charge in [0.05, 0.1) is 16.2 Å². The van der Waals surface area contributed by atoms with Crippen molar-refractivity contribution in [2.45, 2.75) is 0 Å². The minimum Gasteiger partial charge on any atom is -0.452 e. The Morgan fingerprint density at radius 2 is 1.88 bits per heavy atom. The first-order valence-electron chi connectivity index (χ1n) is 6.53. The van der Waals surface area contributed by atoms with Crippen molar-refractivity contribution in [1.82, 2.24) is 0 Å². The van der Waals surface area contributed by atoms with Gasteiger partial charge >= 0.3 is 5.97 Å². The van der Waals surface area contributed by atoms with Gasteiger partial charge in [0, 0.05) is 16.6 Å². The number of non-ortho nitro benzene ring substituents is 1. The molecule has 0 heterocycles. The topological polar surface area (TPSA) is 98.5 Å². The van der Waals surface area contributed by atoms with Crippen molar-refractivity contribution in [2.75, 3.05) is 11.9 Å². The van der Waals surface area contributed by atoms with Gasteiger partial charge in [-0.1, -0.05) is 0 Å². The largest absolute Gasteiger partial charge is 0.452 e. The number of carbonyl (C=O) groups excluding carboxylic acids is 2. The van der Waals surface area contributed by atoms with Crippen LogP contribution in [0.25, 0.3) is 0 Å². The molecule has 0 spiro atoms. The third-order valence-electron chi connectivity index (χ3n) is 2.85. The van der Waals surface area contributed by atoms with Gasteiger partial charge in [-0.3, -0.25) is 14.9 Å². The fourth-order valence-corrected chi connectivity index (χ4v) is 2.17. The predicted molar refractivity (Wildman–Crippen MR) is 86.1 cm³/mol. The summed E-state index contributed by atoms with van der Waals surface area (Å²) in [5.41, 5.74) is 0.270. The highest BCUT2D eigenvalue weighted by Gasteiger charge is 2.13. The van der Waals surface area contributed by atoms with Crippen LogP contribution in [0.1, 0.15) is 10.4 Å². The summed E-state index contributed by atoms with van der Waals surface area (Å²) in [7, 11) is 0. The van der Waals surface area contributed by atoms with Gasteiger partial charge in [-0.05, 0) is 46.3 Å². The van der Waals surface area contributed by atoms with Crippen molar-refractivity contribution in [3.8, 4) is 0 Å². The lowest BCUT2D eigenvalue weighted by atomic mass is 10.2. The number of carbonyl (C=O) groups is 2. The van der Waals surface area contributed by atoms with Crippen molar-refractivity contribution >= 4 is 39.2 Å². The quantitative estimate of drug-likeness (QED) is 0.474. The van der Waals surface area contributed by atoms with Crippen LogP contribution in [-0.4, -0.2) is 23.4 Å². The van der Waals surface area contributed by atoms with Crippen LogP contribution < -0.4 is 5.32 Å². The monoisotopic (exact) mass is 396 g/mol. The zero-order valence-electron chi connectivity index (χ0n) is 12.0. The van der Waals surface area contributed by atoms with Gasteiger partial charge in [-0.2, -0.15) is 0 Å². The normalized spacial score (nSPS) is 10.1. The van der Waals surface area contributed by atoms with E-state index in [-0.39, 0.29) is 11.3 Å². The fourth-order valence-electron chi connectivity index (χ4n) is 1.71. The average molecular weight is 397 g/mol. The van der Waals surface area contributed by atoms with Crippen LogP contribution in [0.5, 0.6) is 0 Å². The van der Waals surface area contributed by atoms with E-state index in [0.717, 1.165) is 12.1 Å². The molecule has 0 atom stereocenters. The fraction of sp³-hybridized carbons (Fsp3) is 0.0667. The first-order chi connectivity index (χ1) is 11.4. The third-order valence-corrected chi connectivity index (χ3v) is 3.51. The van der Waals surface area contributed by atoms with E-state index in [4.69, 9.17) is 4.74 Å². The van der Waals surface area contributed by atoms with E-state index in [1.54, 1.807) is 0 Å². The Hall–Kier alpha value is -2.81. The Morgan fingerprint density at radius 1 is 1.21 bits per heavy atom. The molecule has 0 unspecified atom stereocenters. The molecule has 0 aliphatic carbocycles. The van der Waals surface area contributed by atoms with E-state index < -0.39 is 29.2 Å². The zero-order chi connectivity index (χ0) is 17.7. The van der Waals surface area contributed by atoms with Gasteiger partial charge in [0.2, 0.25) is 0 Å². The van der Waals surface area contributed by atoms with Crippen LogP contribution in [0.15, 0.2) is 46.9 Å². The number of rotatable bonds is 5. The van der Waals surface area contributed by atoms with E-state index in [0.29, 0.717) is 10.2 Å². The van der Waals surface area contributed by atoms with Gasteiger partial charge in [-0.25, -0.2) is 9.18 Å². The second kappa shape index (κ2) is 7.64. The summed E-state index contributed by atoms with van der Waals surface area (Å²) >= 11 is 3.11. The molecule has 124 valence electrons. The van der Waals surface area contributed by atoms with Gasteiger partial charge in [0.1, 0.15) is 5.82 Å². The molecule has 9 heteroatoms. The molecule has 2 aromatic rings. The molecule has 2 rings (SSSR count). The molecule has 0 radical (unpaired) electrons. The lowest BCUT2D eigenvalue weighted by molar-refractivity contribution is -0.384. The van der Waals surface area contributed by atoms with Crippen molar-refractivity contribution in [1.29, 1.82) is 0 Å². The molecule has 1 N–H and O–H groups in total. The van der Waals surface area contributed by atoms with Gasteiger partial charge in [-0.15, -0.1) is 0 Å². The summed E-state index contributed by atoms with van der Waals surface area (Å²) in [5, 5.41) is 13.1. The second-order valence-electron chi connectivity index (χ2n) is 4.55. The Labute approximate surface area is 143 Å².